The van der Waals surface area contributed by atoms with Crippen LogP contribution in [-0.2, 0) is 0 Å². The molecular formula is C52H33NS2. The summed E-state index contributed by atoms with van der Waals surface area (Å²) >= 11 is 3.76. The molecule has 9 aromatic carbocycles. The van der Waals surface area contributed by atoms with E-state index in [4.69, 9.17) is 0 Å². The Hall–Kier alpha value is -6.52. The zero-order valence-corrected chi connectivity index (χ0v) is 31.4. The van der Waals surface area contributed by atoms with E-state index in [2.05, 4.69) is 205 Å². The minimum atomic E-state index is 1.14. The van der Waals surface area contributed by atoms with Gasteiger partial charge >= 0.3 is 0 Å². The lowest BCUT2D eigenvalue weighted by Crippen LogP contribution is -2.09. The summed E-state index contributed by atoms with van der Waals surface area (Å²) in [6.07, 6.45) is 0. The van der Waals surface area contributed by atoms with Crippen LogP contribution < -0.4 is 4.90 Å². The highest BCUT2D eigenvalue weighted by atomic mass is 32.1. The van der Waals surface area contributed by atoms with Crippen molar-refractivity contribution in [2.45, 2.75) is 0 Å². The SMILES string of the molecule is c1ccc(-c2ccc(N(c3ccc4c(c3)sc3cc(-c5cccc6cccc(-c7ccccc7)c56)ccc34)c3cccc4c3sc3ccccc34)cc2)cc1. The van der Waals surface area contributed by atoms with Gasteiger partial charge in [-0.05, 0) is 86.6 Å². The number of hydrogen-bond donors (Lipinski definition) is 0. The zero-order valence-electron chi connectivity index (χ0n) is 29.8. The van der Waals surface area contributed by atoms with Crippen LogP contribution >= 0.6 is 22.7 Å². The molecule has 0 amide bonds. The van der Waals surface area contributed by atoms with Gasteiger partial charge in [0.05, 0.1) is 10.4 Å². The Labute approximate surface area is 327 Å². The van der Waals surface area contributed by atoms with Gasteiger partial charge in [0.1, 0.15) is 0 Å². The molecule has 0 aliphatic rings. The highest BCUT2D eigenvalue weighted by molar-refractivity contribution is 7.26. The summed E-state index contributed by atoms with van der Waals surface area (Å²) in [6, 6.07) is 73.3. The van der Waals surface area contributed by atoms with Crippen molar-refractivity contribution >= 4 is 90.9 Å². The van der Waals surface area contributed by atoms with Crippen LogP contribution in [0.25, 0.3) is 84.5 Å². The number of nitrogens with zero attached hydrogens (tertiary/aromatic N) is 1. The van der Waals surface area contributed by atoms with Crippen LogP contribution in [0.4, 0.5) is 17.1 Å². The van der Waals surface area contributed by atoms with Gasteiger partial charge < -0.3 is 4.90 Å². The first kappa shape index (κ1) is 32.0. The first-order valence-electron chi connectivity index (χ1n) is 18.7. The quantitative estimate of drug-likeness (QED) is 0.164. The third-order valence-electron chi connectivity index (χ3n) is 10.9. The van der Waals surface area contributed by atoms with Gasteiger partial charge in [0, 0.05) is 47.0 Å². The van der Waals surface area contributed by atoms with Crippen LogP contribution in [0, 0.1) is 0 Å². The standard InChI is InChI=1S/C52H33NS2/c1-3-12-34(13-4-1)35-24-27-39(28-25-35)53(47-22-11-21-46-43-18-7-8-23-48(43)55-52(46)47)40-29-31-45-44-30-26-38(32-49(44)54-50(45)33-40)42-20-10-17-37-16-9-19-41(51(37)42)36-14-5-2-6-15-36/h1-33H. The number of benzene rings is 9. The van der Waals surface area contributed by atoms with E-state index in [1.807, 2.05) is 22.7 Å². The fourth-order valence-corrected chi connectivity index (χ4v) is 10.7. The molecule has 0 N–H and O–H groups in total. The molecule has 11 aromatic rings. The Morgan fingerprint density at radius 1 is 0.327 bits per heavy atom. The first-order valence-corrected chi connectivity index (χ1v) is 20.3. The lowest BCUT2D eigenvalue weighted by molar-refractivity contribution is 1.31. The third-order valence-corrected chi connectivity index (χ3v) is 13.2. The van der Waals surface area contributed by atoms with E-state index in [-0.39, 0.29) is 0 Å². The highest BCUT2D eigenvalue weighted by Gasteiger charge is 2.20. The number of anilines is 3. The average Bonchev–Trinajstić information content (AvgIpc) is 3.82. The maximum atomic E-state index is 2.45. The molecule has 0 fully saturated rings. The molecule has 0 unspecified atom stereocenters. The number of fused-ring (bicyclic) bond motifs is 7. The molecule has 2 aromatic heterocycles. The van der Waals surface area contributed by atoms with E-state index in [1.165, 1.54) is 90.2 Å². The summed E-state index contributed by atoms with van der Waals surface area (Å²) in [6.45, 7) is 0. The van der Waals surface area contributed by atoms with Crippen molar-refractivity contribution in [2.24, 2.45) is 0 Å². The minimum Gasteiger partial charge on any atom is -0.309 e. The largest absolute Gasteiger partial charge is 0.309 e. The predicted octanol–water partition coefficient (Wildman–Crippen LogP) is 16.0. The summed E-state index contributed by atoms with van der Waals surface area (Å²) in [5.41, 5.74) is 10.9. The smallest absolute Gasteiger partial charge is 0.0640 e. The van der Waals surface area contributed by atoms with Crippen molar-refractivity contribution in [3.63, 3.8) is 0 Å². The molecule has 0 radical (unpaired) electrons. The normalized spacial score (nSPS) is 11.6. The van der Waals surface area contributed by atoms with Gasteiger partial charge in [-0.25, -0.2) is 0 Å². The van der Waals surface area contributed by atoms with E-state index in [1.54, 1.807) is 0 Å². The van der Waals surface area contributed by atoms with Crippen molar-refractivity contribution in [1.29, 1.82) is 0 Å². The highest BCUT2D eigenvalue weighted by Crippen LogP contribution is 2.47. The molecule has 1 nitrogen and oxygen atoms in total. The fraction of sp³-hybridized carbons (Fsp3) is 0. The molecular weight excluding hydrogens is 703 g/mol. The van der Waals surface area contributed by atoms with Crippen molar-refractivity contribution in [1.82, 2.24) is 0 Å². The van der Waals surface area contributed by atoms with Crippen LogP contribution in [0.5, 0.6) is 0 Å². The van der Waals surface area contributed by atoms with Gasteiger partial charge in [-0.2, -0.15) is 0 Å². The van der Waals surface area contributed by atoms with Crippen molar-refractivity contribution in [3.8, 4) is 33.4 Å². The molecule has 0 saturated heterocycles. The second-order valence-electron chi connectivity index (χ2n) is 14.1. The molecule has 0 atom stereocenters. The van der Waals surface area contributed by atoms with E-state index < -0.39 is 0 Å². The molecule has 258 valence electrons. The Morgan fingerprint density at radius 2 is 0.891 bits per heavy atom. The van der Waals surface area contributed by atoms with Crippen LogP contribution in [0.1, 0.15) is 0 Å². The van der Waals surface area contributed by atoms with E-state index in [9.17, 15) is 0 Å². The molecule has 0 aliphatic carbocycles. The number of hydrogen-bond acceptors (Lipinski definition) is 3. The molecule has 11 rings (SSSR count). The van der Waals surface area contributed by atoms with E-state index in [0.29, 0.717) is 0 Å². The molecule has 0 saturated carbocycles. The zero-order chi connectivity index (χ0) is 36.3. The van der Waals surface area contributed by atoms with Crippen LogP contribution in [0.15, 0.2) is 200 Å². The lowest BCUT2D eigenvalue weighted by Gasteiger charge is -2.26. The Bertz CT molecular complexity index is 3190. The third kappa shape index (κ3) is 5.43. The van der Waals surface area contributed by atoms with Crippen molar-refractivity contribution < 1.29 is 0 Å². The first-order chi connectivity index (χ1) is 27.3. The van der Waals surface area contributed by atoms with Crippen LogP contribution in [0.3, 0.4) is 0 Å². The predicted molar refractivity (Wildman–Crippen MR) is 241 cm³/mol. The van der Waals surface area contributed by atoms with E-state index in [0.717, 1.165) is 11.4 Å². The summed E-state index contributed by atoms with van der Waals surface area (Å²) in [4.78, 5) is 2.45. The lowest BCUT2D eigenvalue weighted by atomic mass is 9.91. The van der Waals surface area contributed by atoms with Gasteiger partial charge in [-0.15, -0.1) is 22.7 Å². The molecule has 0 aliphatic heterocycles. The van der Waals surface area contributed by atoms with Gasteiger partial charge in [-0.3, -0.25) is 0 Å². The number of rotatable bonds is 6. The maximum absolute atomic E-state index is 2.45. The van der Waals surface area contributed by atoms with Gasteiger partial charge in [0.15, 0.2) is 0 Å². The van der Waals surface area contributed by atoms with Crippen LogP contribution in [0.2, 0.25) is 0 Å². The maximum Gasteiger partial charge on any atom is 0.0640 e. The molecule has 0 spiro atoms. The second kappa shape index (κ2) is 13.1. The van der Waals surface area contributed by atoms with Crippen molar-refractivity contribution in [2.75, 3.05) is 4.90 Å². The Kier molecular flexibility index (Phi) is 7.61. The average molecular weight is 736 g/mol. The Balaban J connectivity index is 1.06. The minimum absolute atomic E-state index is 1.14. The van der Waals surface area contributed by atoms with Gasteiger partial charge in [0.25, 0.3) is 0 Å². The summed E-state index contributed by atoms with van der Waals surface area (Å²) in [5.74, 6) is 0. The number of thiophene rings is 2. The molecule has 55 heavy (non-hydrogen) atoms. The topological polar surface area (TPSA) is 3.24 Å². The van der Waals surface area contributed by atoms with Gasteiger partial charge in [0.2, 0.25) is 0 Å². The van der Waals surface area contributed by atoms with Crippen molar-refractivity contribution in [3.05, 3.63) is 200 Å². The van der Waals surface area contributed by atoms with Crippen LogP contribution in [-0.4, -0.2) is 0 Å². The monoisotopic (exact) mass is 735 g/mol. The molecule has 0 bridgehead atoms. The molecule has 3 heteroatoms. The second-order valence-corrected chi connectivity index (χ2v) is 16.2. The molecule has 2 heterocycles. The summed E-state index contributed by atoms with van der Waals surface area (Å²) < 4.78 is 5.18. The summed E-state index contributed by atoms with van der Waals surface area (Å²) in [5, 5.41) is 7.74. The van der Waals surface area contributed by atoms with E-state index >= 15 is 0 Å². The Morgan fingerprint density at radius 3 is 1.67 bits per heavy atom. The van der Waals surface area contributed by atoms with Gasteiger partial charge in [-0.1, -0.05) is 158 Å². The fourth-order valence-electron chi connectivity index (χ4n) is 8.28. The summed E-state index contributed by atoms with van der Waals surface area (Å²) in [7, 11) is 0.